The molecule has 4 nitrogen and oxygen atoms in total. The van der Waals surface area contributed by atoms with E-state index in [0.717, 1.165) is 30.0 Å². The average molecular weight is 265 g/mol. The van der Waals surface area contributed by atoms with Crippen LogP contribution in [0, 0.1) is 0 Å². The molecule has 0 spiro atoms. The zero-order valence-corrected chi connectivity index (χ0v) is 11.5. The Morgan fingerprint density at radius 2 is 2.00 bits per heavy atom. The maximum absolute atomic E-state index is 10.1. The molecule has 0 amide bonds. The summed E-state index contributed by atoms with van der Waals surface area (Å²) in [6.07, 6.45) is 3.10. The van der Waals surface area contributed by atoms with E-state index in [2.05, 4.69) is 12.2 Å². The Hall–Kier alpha value is -1.26. The van der Waals surface area contributed by atoms with Crippen molar-refractivity contribution in [2.45, 2.75) is 32.3 Å². The van der Waals surface area contributed by atoms with Gasteiger partial charge < -0.3 is 19.9 Å². The first-order valence-corrected chi connectivity index (χ1v) is 7.09. The largest absolute Gasteiger partial charge is 0.486 e. The summed E-state index contributed by atoms with van der Waals surface area (Å²) in [4.78, 5) is 0. The lowest BCUT2D eigenvalue weighted by Crippen LogP contribution is -2.23. The van der Waals surface area contributed by atoms with Crippen LogP contribution in [0.25, 0.3) is 0 Å². The zero-order chi connectivity index (χ0) is 13.5. The van der Waals surface area contributed by atoms with Crippen molar-refractivity contribution in [1.82, 2.24) is 5.32 Å². The molecule has 19 heavy (non-hydrogen) atoms. The molecule has 1 heterocycles. The molecule has 1 aliphatic heterocycles. The first-order chi connectivity index (χ1) is 9.31. The maximum Gasteiger partial charge on any atom is 0.161 e. The summed E-state index contributed by atoms with van der Waals surface area (Å²) in [6, 6.07) is 5.63. The highest BCUT2D eigenvalue weighted by molar-refractivity contribution is 5.44. The van der Waals surface area contributed by atoms with Crippen molar-refractivity contribution in [3.05, 3.63) is 23.8 Å². The molecule has 1 aromatic rings. The molecule has 1 aliphatic rings. The summed E-state index contributed by atoms with van der Waals surface area (Å²) in [6.45, 7) is 4.87. The Morgan fingerprint density at radius 3 is 2.79 bits per heavy atom. The normalized spacial score (nSPS) is 15.3. The summed E-state index contributed by atoms with van der Waals surface area (Å²) in [7, 11) is 0. The van der Waals surface area contributed by atoms with Crippen LogP contribution in [-0.4, -0.2) is 31.4 Å². The summed E-state index contributed by atoms with van der Waals surface area (Å²) in [5.74, 6) is 1.49. The van der Waals surface area contributed by atoms with E-state index in [1.165, 1.54) is 12.8 Å². The lowest BCUT2D eigenvalue weighted by Gasteiger charge is -2.20. The first kappa shape index (κ1) is 14.2. The van der Waals surface area contributed by atoms with Gasteiger partial charge >= 0.3 is 0 Å². The number of ether oxygens (including phenoxy) is 2. The molecule has 0 saturated heterocycles. The van der Waals surface area contributed by atoms with Crippen molar-refractivity contribution in [3.8, 4) is 11.5 Å². The molecule has 0 bridgehead atoms. The topological polar surface area (TPSA) is 50.7 Å². The smallest absolute Gasteiger partial charge is 0.161 e. The van der Waals surface area contributed by atoms with Crippen molar-refractivity contribution in [3.63, 3.8) is 0 Å². The number of nitrogens with one attached hydrogen (secondary N) is 1. The molecule has 2 N–H and O–H groups in total. The fourth-order valence-corrected chi connectivity index (χ4v) is 2.12. The highest BCUT2D eigenvalue weighted by Gasteiger charge is 2.15. The van der Waals surface area contributed by atoms with E-state index in [1.807, 2.05) is 18.2 Å². The van der Waals surface area contributed by atoms with Gasteiger partial charge in [0.15, 0.2) is 11.5 Å². The number of rotatable bonds is 7. The van der Waals surface area contributed by atoms with Crippen molar-refractivity contribution in [2.75, 3.05) is 26.3 Å². The van der Waals surface area contributed by atoms with Crippen LogP contribution < -0.4 is 14.8 Å². The Balaban J connectivity index is 1.83. The van der Waals surface area contributed by atoms with Crippen LogP contribution >= 0.6 is 0 Å². The summed E-state index contributed by atoms with van der Waals surface area (Å²) >= 11 is 0. The van der Waals surface area contributed by atoms with Crippen molar-refractivity contribution in [2.24, 2.45) is 0 Å². The minimum atomic E-state index is -0.502. The van der Waals surface area contributed by atoms with Gasteiger partial charge in [-0.1, -0.05) is 25.8 Å². The maximum atomic E-state index is 10.1. The average Bonchev–Trinajstić information content (AvgIpc) is 2.46. The van der Waals surface area contributed by atoms with Crippen molar-refractivity contribution < 1.29 is 14.6 Å². The molecular formula is C15H23NO3. The number of fused-ring (bicyclic) bond motifs is 1. The van der Waals surface area contributed by atoms with Gasteiger partial charge in [-0.25, -0.2) is 0 Å². The second-order valence-corrected chi connectivity index (χ2v) is 4.83. The van der Waals surface area contributed by atoms with E-state index in [9.17, 15) is 5.11 Å². The molecular weight excluding hydrogens is 242 g/mol. The Bertz CT molecular complexity index is 395. The van der Waals surface area contributed by atoms with Gasteiger partial charge in [-0.3, -0.25) is 0 Å². The summed E-state index contributed by atoms with van der Waals surface area (Å²) in [5.41, 5.74) is 0.868. The second kappa shape index (κ2) is 7.36. The van der Waals surface area contributed by atoms with E-state index in [-0.39, 0.29) is 0 Å². The lowest BCUT2D eigenvalue weighted by atomic mass is 10.1. The molecule has 0 unspecified atom stereocenters. The second-order valence-electron chi connectivity index (χ2n) is 4.83. The molecule has 2 rings (SSSR count). The number of aliphatic hydroxyl groups is 1. The zero-order valence-electron chi connectivity index (χ0n) is 11.5. The van der Waals surface area contributed by atoms with E-state index < -0.39 is 6.10 Å². The summed E-state index contributed by atoms with van der Waals surface area (Å²) < 4.78 is 11.0. The predicted molar refractivity (Wildman–Crippen MR) is 74.8 cm³/mol. The van der Waals surface area contributed by atoms with Gasteiger partial charge in [0, 0.05) is 6.54 Å². The molecule has 1 aromatic carbocycles. The number of unbranched alkanes of at least 4 members (excludes halogenated alkanes) is 2. The first-order valence-electron chi connectivity index (χ1n) is 7.09. The highest BCUT2D eigenvalue weighted by Crippen LogP contribution is 2.32. The fourth-order valence-electron chi connectivity index (χ4n) is 2.12. The Morgan fingerprint density at radius 1 is 1.21 bits per heavy atom. The van der Waals surface area contributed by atoms with Crippen LogP contribution in [0.2, 0.25) is 0 Å². The van der Waals surface area contributed by atoms with Crippen LogP contribution in [0.5, 0.6) is 11.5 Å². The van der Waals surface area contributed by atoms with Crippen molar-refractivity contribution >= 4 is 0 Å². The quantitative estimate of drug-likeness (QED) is 0.743. The number of hydrogen-bond acceptors (Lipinski definition) is 4. The number of hydrogen-bond donors (Lipinski definition) is 2. The van der Waals surface area contributed by atoms with Gasteiger partial charge in [-0.2, -0.15) is 0 Å². The lowest BCUT2D eigenvalue weighted by molar-refractivity contribution is 0.163. The molecule has 0 fully saturated rings. The van der Waals surface area contributed by atoms with Crippen LogP contribution in [0.3, 0.4) is 0 Å². The van der Waals surface area contributed by atoms with Crippen LogP contribution in [0.4, 0.5) is 0 Å². The third kappa shape index (κ3) is 4.11. The fraction of sp³-hybridized carbons (Fsp3) is 0.600. The van der Waals surface area contributed by atoms with Gasteiger partial charge in [0.1, 0.15) is 13.2 Å². The number of benzene rings is 1. The third-order valence-electron chi connectivity index (χ3n) is 3.25. The minimum absolute atomic E-state index is 0.502. The summed E-state index contributed by atoms with van der Waals surface area (Å²) in [5, 5.41) is 13.4. The Labute approximate surface area is 114 Å². The van der Waals surface area contributed by atoms with Gasteiger partial charge in [-0.15, -0.1) is 0 Å². The predicted octanol–water partition coefficient (Wildman–Crippen LogP) is 2.27. The molecule has 0 saturated carbocycles. The highest BCUT2D eigenvalue weighted by atomic mass is 16.6. The van der Waals surface area contributed by atoms with E-state index >= 15 is 0 Å². The Kier molecular flexibility index (Phi) is 5.48. The molecule has 0 aliphatic carbocycles. The standard InChI is InChI=1S/C15H23NO3/c1-2-3-4-7-16-11-13(17)12-5-6-14-15(10-12)19-9-8-18-14/h5-6,10,13,16-17H,2-4,7-9,11H2,1H3/t13-/m0/s1. The molecule has 106 valence electrons. The SMILES string of the molecule is CCCCCNC[C@H](O)c1ccc2c(c1)OCCO2. The van der Waals surface area contributed by atoms with E-state index in [1.54, 1.807) is 0 Å². The van der Waals surface area contributed by atoms with Crippen LogP contribution in [-0.2, 0) is 0 Å². The van der Waals surface area contributed by atoms with Gasteiger partial charge in [0.2, 0.25) is 0 Å². The van der Waals surface area contributed by atoms with Gasteiger partial charge in [0.05, 0.1) is 6.10 Å². The molecule has 4 heteroatoms. The number of aliphatic hydroxyl groups excluding tert-OH is 1. The molecule has 0 radical (unpaired) electrons. The molecule has 0 aromatic heterocycles. The van der Waals surface area contributed by atoms with Crippen LogP contribution in [0.1, 0.15) is 37.9 Å². The van der Waals surface area contributed by atoms with Crippen molar-refractivity contribution in [1.29, 1.82) is 0 Å². The van der Waals surface area contributed by atoms with E-state index in [4.69, 9.17) is 9.47 Å². The van der Waals surface area contributed by atoms with Gasteiger partial charge in [-0.05, 0) is 30.7 Å². The van der Waals surface area contributed by atoms with E-state index in [0.29, 0.717) is 19.8 Å². The molecule has 1 atom stereocenters. The monoisotopic (exact) mass is 265 g/mol. The van der Waals surface area contributed by atoms with Crippen LogP contribution in [0.15, 0.2) is 18.2 Å². The third-order valence-corrected chi connectivity index (χ3v) is 3.25. The van der Waals surface area contributed by atoms with Gasteiger partial charge in [0.25, 0.3) is 0 Å². The minimum Gasteiger partial charge on any atom is -0.486 e.